The lowest BCUT2D eigenvalue weighted by Gasteiger charge is -2.24. The molecule has 21 heavy (non-hydrogen) atoms. The smallest absolute Gasteiger partial charge is 0.187 e. The van der Waals surface area contributed by atoms with Crippen molar-refractivity contribution in [3.8, 4) is 0 Å². The van der Waals surface area contributed by atoms with E-state index in [-0.39, 0.29) is 30.7 Å². The molecule has 3 aliphatic heterocycles. The van der Waals surface area contributed by atoms with Crippen LogP contribution in [0.4, 0.5) is 0 Å². The van der Waals surface area contributed by atoms with Gasteiger partial charge in [0.05, 0.1) is 13.2 Å². The molecular formula is C17H16O4. The van der Waals surface area contributed by atoms with E-state index in [1.165, 1.54) is 16.3 Å². The third kappa shape index (κ3) is 1.99. The maximum atomic E-state index is 6.07. The molecule has 0 saturated carbocycles. The molecule has 0 N–H and O–H groups in total. The number of hydrogen-bond donors (Lipinski definition) is 0. The first-order chi connectivity index (χ1) is 10.4. The van der Waals surface area contributed by atoms with Crippen molar-refractivity contribution in [3.05, 3.63) is 48.0 Å². The molecule has 4 nitrogen and oxygen atoms in total. The fraction of sp³-hybridized carbons (Fsp3) is 0.412. The van der Waals surface area contributed by atoms with Crippen LogP contribution in [0.1, 0.15) is 5.56 Å². The van der Waals surface area contributed by atoms with Gasteiger partial charge in [-0.1, -0.05) is 36.4 Å². The normalized spacial score (nSPS) is 36.7. The van der Waals surface area contributed by atoms with Crippen molar-refractivity contribution in [2.24, 2.45) is 0 Å². The molecule has 3 fully saturated rings. The second kappa shape index (κ2) is 4.52. The van der Waals surface area contributed by atoms with Crippen LogP contribution in [0.2, 0.25) is 0 Å². The Bertz CT molecular complexity index is 685. The van der Waals surface area contributed by atoms with Gasteiger partial charge in [-0.15, -0.1) is 0 Å². The first-order valence-corrected chi connectivity index (χ1v) is 7.40. The van der Waals surface area contributed by atoms with E-state index in [4.69, 9.17) is 18.9 Å². The molecule has 5 atom stereocenters. The van der Waals surface area contributed by atoms with Gasteiger partial charge in [-0.2, -0.15) is 0 Å². The van der Waals surface area contributed by atoms with Gasteiger partial charge in [-0.3, -0.25) is 0 Å². The van der Waals surface area contributed by atoms with Crippen molar-refractivity contribution in [1.82, 2.24) is 0 Å². The summed E-state index contributed by atoms with van der Waals surface area (Å²) in [5.41, 5.74) is 1.17. The van der Waals surface area contributed by atoms with Crippen LogP contribution in [0.15, 0.2) is 42.5 Å². The molecule has 2 aromatic rings. The van der Waals surface area contributed by atoms with Crippen LogP contribution in [0.3, 0.4) is 0 Å². The maximum Gasteiger partial charge on any atom is 0.187 e. The molecule has 5 rings (SSSR count). The fourth-order valence-corrected chi connectivity index (χ4v) is 3.34. The number of ether oxygens (including phenoxy) is 4. The minimum atomic E-state index is -0.166. The lowest BCUT2D eigenvalue weighted by molar-refractivity contribution is -0.121. The Hall–Kier alpha value is -1.46. The van der Waals surface area contributed by atoms with Gasteiger partial charge >= 0.3 is 0 Å². The minimum Gasteiger partial charge on any atom is -0.368 e. The third-order valence-corrected chi connectivity index (χ3v) is 4.51. The van der Waals surface area contributed by atoms with Crippen LogP contribution in [0.25, 0.3) is 10.8 Å². The average molecular weight is 284 g/mol. The third-order valence-electron chi connectivity index (χ3n) is 4.51. The average Bonchev–Trinajstić information content (AvgIpc) is 3.21. The number of rotatable bonds is 3. The molecule has 0 unspecified atom stereocenters. The van der Waals surface area contributed by atoms with Gasteiger partial charge in [-0.25, -0.2) is 0 Å². The summed E-state index contributed by atoms with van der Waals surface area (Å²) < 4.78 is 23.0. The van der Waals surface area contributed by atoms with Gasteiger partial charge in [0, 0.05) is 0 Å². The van der Waals surface area contributed by atoms with E-state index < -0.39 is 0 Å². The zero-order valence-electron chi connectivity index (χ0n) is 11.5. The molecule has 4 heteroatoms. The van der Waals surface area contributed by atoms with E-state index in [1.54, 1.807) is 0 Å². The number of fused-ring (bicyclic) bond motifs is 5. The highest BCUT2D eigenvalue weighted by Crippen LogP contribution is 2.43. The van der Waals surface area contributed by atoms with E-state index in [9.17, 15) is 0 Å². The first kappa shape index (κ1) is 12.1. The van der Waals surface area contributed by atoms with Crippen molar-refractivity contribution in [2.45, 2.75) is 37.3 Å². The molecule has 3 heterocycles. The summed E-state index contributed by atoms with van der Waals surface area (Å²) in [5.74, 6) is 0. The standard InChI is InChI=1S/C17H16O4/c1-2-4-12-7-10(5-6-11(12)3-1)8-18-14-13-9-19-17(20-13)16-15(14)21-16/h1-7,13-17H,8-9H2/t13-,14+,15+,16+,17-/m1/s1. The topological polar surface area (TPSA) is 40.2 Å². The van der Waals surface area contributed by atoms with Gasteiger partial charge in [0.1, 0.15) is 24.4 Å². The highest BCUT2D eigenvalue weighted by atomic mass is 16.8. The summed E-state index contributed by atoms with van der Waals surface area (Å²) in [5, 5.41) is 2.49. The highest BCUT2D eigenvalue weighted by Gasteiger charge is 2.62. The molecule has 0 aromatic heterocycles. The van der Waals surface area contributed by atoms with Crippen LogP contribution in [-0.2, 0) is 25.6 Å². The quantitative estimate of drug-likeness (QED) is 0.811. The molecule has 0 amide bonds. The minimum absolute atomic E-state index is 0.0132. The summed E-state index contributed by atoms with van der Waals surface area (Å²) in [4.78, 5) is 0. The SMILES string of the molecule is c1ccc2cc(CO[C@@H]3[C@@H]4O[C@@H]4[C@@H]4OC[C@H]3O4)ccc2c1. The molecule has 3 aliphatic rings. The first-order valence-electron chi connectivity index (χ1n) is 7.40. The Labute approximate surface area is 122 Å². The largest absolute Gasteiger partial charge is 0.368 e. The number of epoxide rings is 1. The summed E-state index contributed by atoms with van der Waals surface area (Å²) in [6.45, 7) is 1.19. The molecule has 108 valence electrons. The molecule has 2 bridgehead atoms. The Morgan fingerprint density at radius 2 is 1.90 bits per heavy atom. The van der Waals surface area contributed by atoms with E-state index in [1.807, 2.05) is 0 Å². The van der Waals surface area contributed by atoms with Gasteiger partial charge in [0.25, 0.3) is 0 Å². The van der Waals surface area contributed by atoms with E-state index in [2.05, 4.69) is 42.5 Å². The second-order valence-corrected chi connectivity index (χ2v) is 5.90. The van der Waals surface area contributed by atoms with Gasteiger partial charge in [-0.05, 0) is 22.4 Å². The van der Waals surface area contributed by atoms with Gasteiger partial charge < -0.3 is 18.9 Å². The van der Waals surface area contributed by atoms with Gasteiger partial charge in [0.2, 0.25) is 0 Å². The predicted molar refractivity (Wildman–Crippen MR) is 75.8 cm³/mol. The van der Waals surface area contributed by atoms with E-state index >= 15 is 0 Å². The van der Waals surface area contributed by atoms with Crippen LogP contribution >= 0.6 is 0 Å². The van der Waals surface area contributed by atoms with Crippen LogP contribution in [-0.4, -0.2) is 37.3 Å². The number of benzene rings is 2. The van der Waals surface area contributed by atoms with Crippen molar-refractivity contribution < 1.29 is 18.9 Å². The van der Waals surface area contributed by atoms with Crippen molar-refractivity contribution in [2.75, 3.05) is 6.61 Å². The lowest BCUT2D eigenvalue weighted by atomic mass is 10.1. The Morgan fingerprint density at radius 1 is 1.00 bits per heavy atom. The molecule has 0 aliphatic carbocycles. The Balaban J connectivity index is 1.33. The Kier molecular flexibility index (Phi) is 2.61. The van der Waals surface area contributed by atoms with E-state index in [0.29, 0.717) is 13.2 Å². The van der Waals surface area contributed by atoms with Crippen molar-refractivity contribution in [3.63, 3.8) is 0 Å². The predicted octanol–water partition coefficient (Wildman–Crippen LogP) is 2.25. The highest BCUT2D eigenvalue weighted by molar-refractivity contribution is 5.82. The maximum absolute atomic E-state index is 6.07. The number of hydrogen-bond acceptors (Lipinski definition) is 4. The fourth-order valence-electron chi connectivity index (χ4n) is 3.34. The molecular weight excluding hydrogens is 268 g/mol. The summed E-state index contributed by atoms with van der Waals surface area (Å²) >= 11 is 0. The molecule has 0 radical (unpaired) electrons. The molecule has 0 spiro atoms. The lowest BCUT2D eigenvalue weighted by Crippen LogP contribution is -2.41. The summed E-state index contributed by atoms with van der Waals surface area (Å²) in [7, 11) is 0. The van der Waals surface area contributed by atoms with Crippen molar-refractivity contribution >= 4 is 10.8 Å². The molecule has 2 aromatic carbocycles. The van der Waals surface area contributed by atoms with Crippen LogP contribution in [0, 0.1) is 0 Å². The summed E-state index contributed by atoms with van der Waals surface area (Å²) in [6, 6.07) is 14.8. The van der Waals surface area contributed by atoms with Crippen LogP contribution < -0.4 is 0 Å². The van der Waals surface area contributed by atoms with Crippen molar-refractivity contribution in [1.29, 1.82) is 0 Å². The van der Waals surface area contributed by atoms with E-state index in [0.717, 1.165) is 0 Å². The van der Waals surface area contributed by atoms with Gasteiger partial charge in [0.15, 0.2) is 6.29 Å². The summed E-state index contributed by atoms with van der Waals surface area (Å²) in [6.07, 6.45) is 0.0574. The molecule has 3 saturated heterocycles. The second-order valence-electron chi connectivity index (χ2n) is 5.90. The monoisotopic (exact) mass is 284 g/mol. The zero-order chi connectivity index (χ0) is 13.8. The Morgan fingerprint density at radius 3 is 2.86 bits per heavy atom. The van der Waals surface area contributed by atoms with Crippen LogP contribution in [0.5, 0.6) is 0 Å². The zero-order valence-corrected chi connectivity index (χ0v) is 11.5.